The Hall–Kier alpha value is -1.92. The maximum absolute atomic E-state index is 6.29. The van der Waals surface area contributed by atoms with Gasteiger partial charge in [-0.3, -0.25) is 0 Å². The van der Waals surface area contributed by atoms with Gasteiger partial charge < -0.3 is 15.5 Å². The average molecular weight is 472 g/mol. The maximum Gasteiger partial charge on any atom is 0.231 e. The van der Waals surface area contributed by atoms with Crippen molar-refractivity contribution in [2.24, 2.45) is 11.8 Å². The summed E-state index contributed by atoms with van der Waals surface area (Å²) in [5.74, 6) is 2.88. The van der Waals surface area contributed by atoms with Crippen molar-refractivity contribution in [2.45, 2.75) is 58.3 Å². The summed E-state index contributed by atoms with van der Waals surface area (Å²) in [5.41, 5.74) is 2.30. The molecule has 0 radical (unpaired) electrons. The summed E-state index contributed by atoms with van der Waals surface area (Å²) in [4.78, 5) is 11.7. The zero-order valence-electron chi connectivity index (χ0n) is 19.3. The van der Waals surface area contributed by atoms with Crippen LogP contribution in [0.2, 0.25) is 5.02 Å². The highest BCUT2D eigenvalue weighted by atomic mass is 35.5. The molecule has 1 aliphatic carbocycles. The van der Waals surface area contributed by atoms with E-state index in [4.69, 9.17) is 28.8 Å². The van der Waals surface area contributed by atoms with Gasteiger partial charge in [-0.25, -0.2) is 4.98 Å². The number of halogens is 1. The van der Waals surface area contributed by atoms with Crippen molar-refractivity contribution >= 4 is 40.7 Å². The summed E-state index contributed by atoms with van der Waals surface area (Å²) >= 11 is 11.9. The van der Waals surface area contributed by atoms with E-state index in [1.165, 1.54) is 24.8 Å². The Kier molecular flexibility index (Phi) is 7.21. The molecule has 2 unspecified atom stereocenters. The van der Waals surface area contributed by atoms with Crippen LogP contribution >= 0.6 is 23.8 Å². The summed E-state index contributed by atoms with van der Waals surface area (Å²) in [6.45, 7) is 9.48. The largest absolute Gasteiger partial charge is 0.361 e. The highest BCUT2D eigenvalue weighted by molar-refractivity contribution is 7.80. The number of thiocarbonyl (C=S) groups is 1. The number of rotatable bonds is 5. The number of nitrogens with zero attached hydrogens (tertiary/aromatic N) is 3. The van der Waals surface area contributed by atoms with Gasteiger partial charge in [-0.05, 0) is 67.9 Å². The van der Waals surface area contributed by atoms with E-state index in [9.17, 15) is 0 Å². The molecule has 1 aromatic heterocycles. The van der Waals surface area contributed by atoms with Crippen LogP contribution in [0.3, 0.4) is 0 Å². The van der Waals surface area contributed by atoms with Crippen LogP contribution in [0.5, 0.6) is 0 Å². The van der Waals surface area contributed by atoms with Gasteiger partial charge in [0.05, 0.1) is 0 Å². The number of nitrogens with one attached hydrogen (secondary N) is 2. The first kappa shape index (κ1) is 23.2. The summed E-state index contributed by atoms with van der Waals surface area (Å²) < 4.78 is 0. The summed E-state index contributed by atoms with van der Waals surface area (Å²) in [7, 11) is 0. The Labute approximate surface area is 202 Å². The zero-order chi connectivity index (χ0) is 22.7. The fourth-order valence-electron chi connectivity index (χ4n) is 5.45. The lowest BCUT2D eigenvalue weighted by atomic mass is 9.79. The molecule has 2 aliphatic rings. The zero-order valence-corrected chi connectivity index (χ0v) is 20.9. The fourth-order valence-corrected chi connectivity index (χ4v) is 5.81. The second kappa shape index (κ2) is 9.92. The van der Waals surface area contributed by atoms with Gasteiger partial charge in [-0.1, -0.05) is 50.4 Å². The first-order valence-electron chi connectivity index (χ1n) is 11.7. The van der Waals surface area contributed by atoms with Crippen molar-refractivity contribution in [1.82, 2.24) is 15.3 Å². The molecule has 1 saturated carbocycles. The van der Waals surface area contributed by atoms with Crippen LogP contribution in [0, 0.1) is 18.8 Å². The van der Waals surface area contributed by atoms with Gasteiger partial charge in [0.1, 0.15) is 5.82 Å². The summed E-state index contributed by atoms with van der Waals surface area (Å²) in [6, 6.07) is 10.3. The monoisotopic (exact) mass is 471 g/mol. The Morgan fingerprint density at radius 3 is 2.56 bits per heavy atom. The third-order valence-corrected chi connectivity index (χ3v) is 7.33. The van der Waals surface area contributed by atoms with Gasteiger partial charge in [0, 0.05) is 41.8 Å². The van der Waals surface area contributed by atoms with Gasteiger partial charge in [0.25, 0.3) is 0 Å². The van der Waals surface area contributed by atoms with Crippen molar-refractivity contribution in [1.29, 1.82) is 0 Å². The van der Waals surface area contributed by atoms with Gasteiger partial charge in [-0.2, -0.15) is 4.98 Å². The molecular formula is C25H34ClN5S. The van der Waals surface area contributed by atoms with E-state index in [1.807, 2.05) is 19.1 Å². The van der Waals surface area contributed by atoms with E-state index >= 15 is 0 Å². The predicted octanol–water partition coefficient (Wildman–Crippen LogP) is 5.72. The maximum atomic E-state index is 6.29. The predicted molar refractivity (Wildman–Crippen MR) is 138 cm³/mol. The molecular weight excluding hydrogens is 438 g/mol. The molecule has 0 spiro atoms. The lowest BCUT2D eigenvalue weighted by Crippen LogP contribution is -2.41. The van der Waals surface area contributed by atoms with Gasteiger partial charge >= 0.3 is 0 Å². The van der Waals surface area contributed by atoms with Crippen LogP contribution in [0.25, 0.3) is 0 Å². The van der Waals surface area contributed by atoms with Gasteiger partial charge in [-0.15, -0.1) is 0 Å². The van der Waals surface area contributed by atoms with Crippen molar-refractivity contribution in [3.8, 4) is 0 Å². The second-order valence-corrected chi connectivity index (χ2v) is 10.7. The van der Waals surface area contributed by atoms with Crippen LogP contribution in [-0.2, 0) is 5.41 Å². The normalized spacial score (nSPS) is 22.6. The van der Waals surface area contributed by atoms with Crippen LogP contribution in [-0.4, -0.2) is 34.7 Å². The van der Waals surface area contributed by atoms with Gasteiger partial charge in [0.15, 0.2) is 5.11 Å². The van der Waals surface area contributed by atoms with Crippen molar-refractivity contribution in [3.05, 3.63) is 46.6 Å². The third-order valence-electron chi connectivity index (χ3n) is 6.84. The van der Waals surface area contributed by atoms with E-state index in [0.717, 1.165) is 49.0 Å². The molecule has 0 amide bonds. The molecule has 2 aromatic rings. The summed E-state index contributed by atoms with van der Waals surface area (Å²) in [5, 5.41) is 8.04. The first-order valence-corrected chi connectivity index (χ1v) is 12.5. The van der Waals surface area contributed by atoms with E-state index in [0.29, 0.717) is 22.9 Å². The highest BCUT2D eigenvalue weighted by Gasteiger charge is 2.35. The molecule has 4 rings (SSSR count). The number of anilines is 2. The molecule has 2 fully saturated rings. The van der Waals surface area contributed by atoms with E-state index in [2.05, 4.69) is 52.6 Å². The smallest absolute Gasteiger partial charge is 0.231 e. The topological polar surface area (TPSA) is 53.1 Å². The van der Waals surface area contributed by atoms with Crippen LogP contribution in [0.15, 0.2) is 30.3 Å². The molecule has 2 atom stereocenters. The molecule has 172 valence electrons. The number of hydrogen-bond acceptors (Lipinski definition) is 4. The molecule has 5 nitrogen and oxygen atoms in total. The molecule has 2 heterocycles. The molecule has 0 bridgehead atoms. The number of piperidine rings is 1. The van der Waals surface area contributed by atoms with E-state index < -0.39 is 0 Å². The summed E-state index contributed by atoms with van der Waals surface area (Å²) in [6.07, 6.45) is 6.00. The molecule has 1 aliphatic heterocycles. The Bertz CT molecular complexity index is 949. The minimum absolute atomic E-state index is 0.0648. The second-order valence-electron chi connectivity index (χ2n) is 9.85. The third kappa shape index (κ3) is 5.52. The van der Waals surface area contributed by atoms with Crippen molar-refractivity contribution in [3.63, 3.8) is 0 Å². The minimum Gasteiger partial charge on any atom is -0.361 e. The number of aromatic nitrogens is 2. The average Bonchev–Trinajstić information content (AvgIpc) is 3.21. The molecule has 2 N–H and O–H groups in total. The molecule has 1 aromatic carbocycles. The van der Waals surface area contributed by atoms with Crippen LogP contribution in [0.4, 0.5) is 11.8 Å². The molecule has 1 saturated heterocycles. The number of benzene rings is 1. The molecule has 7 heteroatoms. The minimum atomic E-state index is 0.0648. The van der Waals surface area contributed by atoms with Crippen LogP contribution < -0.4 is 15.5 Å². The quantitative estimate of drug-likeness (QED) is 0.544. The lowest BCUT2D eigenvalue weighted by Gasteiger charge is -2.36. The standard InChI is InChI=1S/C25H34ClN5S/c1-17-11-18(2)15-31(14-17)22-12-19(3)28-23(29-22)30-24(32)27-16-25(9-4-5-10-25)20-7-6-8-21(26)13-20/h6-8,12-13,17-18H,4-5,9-11,14-16H2,1-3H3,(H2,27,28,29,30,32). The number of aryl methyl sites for hydroxylation is 1. The Morgan fingerprint density at radius 1 is 1.16 bits per heavy atom. The Balaban J connectivity index is 1.43. The van der Waals surface area contributed by atoms with E-state index in [1.54, 1.807) is 0 Å². The number of hydrogen-bond donors (Lipinski definition) is 2. The van der Waals surface area contributed by atoms with Crippen molar-refractivity contribution < 1.29 is 0 Å². The Morgan fingerprint density at radius 2 is 1.88 bits per heavy atom. The highest BCUT2D eigenvalue weighted by Crippen LogP contribution is 2.41. The van der Waals surface area contributed by atoms with Crippen LogP contribution in [0.1, 0.15) is 57.2 Å². The fraction of sp³-hybridized carbons (Fsp3) is 0.560. The SMILES string of the molecule is Cc1cc(N2CC(C)CC(C)C2)nc(NC(=S)NCC2(c3cccc(Cl)c3)CCCC2)n1. The molecule has 32 heavy (non-hydrogen) atoms. The van der Waals surface area contributed by atoms with Crippen molar-refractivity contribution in [2.75, 3.05) is 29.9 Å². The van der Waals surface area contributed by atoms with Gasteiger partial charge in [0.2, 0.25) is 5.95 Å². The van der Waals surface area contributed by atoms with E-state index in [-0.39, 0.29) is 5.41 Å². The lowest BCUT2D eigenvalue weighted by molar-refractivity contribution is 0.355. The first-order chi connectivity index (χ1) is 15.3.